The molecule has 0 bridgehead atoms. The van der Waals surface area contributed by atoms with Crippen molar-refractivity contribution in [1.29, 1.82) is 0 Å². The lowest BCUT2D eigenvalue weighted by molar-refractivity contribution is 0.449. The average molecular weight is 440 g/mol. The van der Waals surface area contributed by atoms with Gasteiger partial charge in [-0.2, -0.15) is 0 Å². The van der Waals surface area contributed by atoms with Crippen molar-refractivity contribution in [3.05, 3.63) is 81.8 Å². The zero-order valence-corrected chi connectivity index (χ0v) is 18.1. The van der Waals surface area contributed by atoms with Gasteiger partial charge in [0.2, 0.25) is 0 Å². The van der Waals surface area contributed by atoms with Gasteiger partial charge in [-0.15, -0.1) is 11.8 Å². The first-order valence-electron chi connectivity index (χ1n) is 8.84. The number of imidazole rings is 1. The first kappa shape index (κ1) is 20.6. The Morgan fingerprint density at radius 3 is 2.41 bits per heavy atom. The van der Waals surface area contributed by atoms with Crippen molar-refractivity contribution in [1.82, 2.24) is 9.55 Å². The van der Waals surface area contributed by atoms with Crippen LogP contribution in [0.4, 0.5) is 0 Å². The molecule has 142 valence electrons. The summed E-state index contributed by atoms with van der Waals surface area (Å²) in [5, 5.41) is 2.12. The maximum absolute atomic E-state index is 6.47. The van der Waals surface area contributed by atoms with E-state index in [1.807, 2.05) is 60.8 Å². The van der Waals surface area contributed by atoms with E-state index in [1.165, 1.54) is 5.56 Å². The van der Waals surface area contributed by atoms with Gasteiger partial charge in [0.15, 0.2) is 0 Å². The molecule has 1 atom stereocenters. The highest BCUT2D eigenvalue weighted by atomic mass is 35.5. The Morgan fingerprint density at radius 2 is 1.78 bits per heavy atom. The van der Waals surface area contributed by atoms with Gasteiger partial charge in [-0.3, -0.25) is 0 Å². The molecule has 0 aliphatic carbocycles. The molecule has 2 nitrogen and oxygen atoms in total. The van der Waals surface area contributed by atoms with Crippen LogP contribution in [0.5, 0.6) is 0 Å². The SMILES string of the molecule is CCC(CCc1ccc(Cl)cc1)(Cn1ccnc1)Sc1ccc(Cl)cc1Cl. The predicted octanol–water partition coefficient (Wildman–Crippen LogP) is 7.42. The van der Waals surface area contributed by atoms with Gasteiger partial charge >= 0.3 is 0 Å². The Balaban J connectivity index is 1.85. The topological polar surface area (TPSA) is 17.8 Å². The van der Waals surface area contributed by atoms with Crippen LogP contribution in [0.15, 0.2) is 66.1 Å². The van der Waals surface area contributed by atoms with E-state index in [1.54, 1.807) is 0 Å². The molecule has 0 radical (unpaired) electrons. The molecule has 0 spiro atoms. The summed E-state index contributed by atoms with van der Waals surface area (Å²) in [6.45, 7) is 3.09. The number of nitrogens with zero attached hydrogens (tertiary/aromatic N) is 2. The standard InChI is InChI=1S/C21H21Cl3N2S/c1-2-21(14-26-12-11-25-15-26,10-9-16-3-5-17(22)6-4-16)27-20-8-7-18(23)13-19(20)24/h3-8,11-13,15H,2,9-10,14H2,1H3. The number of hydrogen-bond acceptors (Lipinski definition) is 2. The lowest BCUT2D eigenvalue weighted by atomic mass is 9.96. The Labute approximate surface area is 179 Å². The highest BCUT2D eigenvalue weighted by Crippen LogP contribution is 2.44. The van der Waals surface area contributed by atoms with E-state index in [-0.39, 0.29) is 4.75 Å². The minimum absolute atomic E-state index is 0.0161. The quantitative estimate of drug-likeness (QED) is 0.340. The summed E-state index contributed by atoms with van der Waals surface area (Å²) in [6, 6.07) is 13.8. The highest BCUT2D eigenvalue weighted by Gasteiger charge is 2.31. The fourth-order valence-electron chi connectivity index (χ4n) is 3.05. The van der Waals surface area contributed by atoms with E-state index < -0.39 is 0 Å². The normalized spacial score (nSPS) is 13.5. The van der Waals surface area contributed by atoms with Gasteiger partial charge in [0.1, 0.15) is 0 Å². The second-order valence-corrected chi connectivity index (χ2v) is 9.36. The molecule has 0 saturated heterocycles. The van der Waals surface area contributed by atoms with E-state index >= 15 is 0 Å². The van der Waals surface area contributed by atoms with Gasteiger partial charge in [-0.25, -0.2) is 4.98 Å². The van der Waals surface area contributed by atoms with Crippen LogP contribution in [0.2, 0.25) is 15.1 Å². The molecular formula is C21H21Cl3N2S. The lowest BCUT2D eigenvalue weighted by Crippen LogP contribution is -2.30. The lowest BCUT2D eigenvalue weighted by Gasteiger charge is -2.33. The second kappa shape index (κ2) is 9.38. The monoisotopic (exact) mass is 438 g/mol. The summed E-state index contributed by atoms with van der Waals surface area (Å²) in [4.78, 5) is 5.26. The number of aryl methyl sites for hydroxylation is 1. The molecule has 0 fully saturated rings. The second-order valence-electron chi connectivity index (χ2n) is 6.57. The van der Waals surface area contributed by atoms with Crippen LogP contribution < -0.4 is 0 Å². The Morgan fingerprint density at radius 1 is 1.04 bits per heavy atom. The summed E-state index contributed by atoms with van der Waals surface area (Å²) < 4.78 is 2.12. The number of benzene rings is 2. The summed E-state index contributed by atoms with van der Waals surface area (Å²) >= 11 is 20.4. The van der Waals surface area contributed by atoms with Gasteiger partial charge < -0.3 is 4.57 Å². The third-order valence-corrected chi connectivity index (χ3v) is 7.22. The molecule has 0 saturated carbocycles. The molecule has 0 amide bonds. The Hall–Kier alpha value is -1.13. The maximum atomic E-state index is 6.47. The summed E-state index contributed by atoms with van der Waals surface area (Å²) in [6.07, 6.45) is 8.68. The van der Waals surface area contributed by atoms with Gasteiger partial charge in [-0.05, 0) is 55.2 Å². The molecule has 0 aliphatic heterocycles. The van der Waals surface area contributed by atoms with Gasteiger partial charge in [-0.1, -0.05) is 53.9 Å². The van der Waals surface area contributed by atoms with Crippen LogP contribution in [0.25, 0.3) is 0 Å². The van der Waals surface area contributed by atoms with Crippen LogP contribution in [0, 0.1) is 0 Å². The minimum Gasteiger partial charge on any atom is -0.336 e. The molecule has 3 aromatic rings. The van der Waals surface area contributed by atoms with Crippen molar-refractivity contribution in [2.24, 2.45) is 0 Å². The molecule has 3 rings (SSSR count). The molecule has 1 heterocycles. The summed E-state index contributed by atoms with van der Waals surface area (Å²) in [5.41, 5.74) is 1.28. The average Bonchev–Trinajstić information content (AvgIpc) is 3.16. The molecule has 0 N–H and O–H groups in total. The number of hydrogen-bond donors (Lipinski definition) is 0. The summed E-state index contributed by atoms with van der Waals surface area (Å²) in [7, 11) is 0. The number of aromatic nitrogens is 2. The van der Waals surface area contributed by atoms with E-state index in [0.29, 0.717) is 10.0 Å². The molecule has 0 aliphatic rings. The first-order chi connectivity index (χ1) is 13.0. The first-order valence-corrected chi connectivity index (χ1v) is 10.8. The van der Waals surface area contributed by atoms with Crippen LogP contribution in [0.3, 0.4) is 0 Å². The van der Waals surface area contributed by atoms with Gasteiger partial charge in [0, 0.05) is 38.6 Å². The van der Waals surface area contributed by atoms with Gasteiger partial charge in [0.25, 0.3) is 0 Å². The number of halogens is 3. The zero-order valence-electron chi connectivity index (χ0n) is 15.0. The van der Waals surface area contributed by atoms with E-state index in [0.717, 1.165) is 35.7 Å². The van der Waals surface area contributed by atoms with Crippen LogP contribution in [-0.4, -0.2) is 14.3 Å². The maximum Gasteiger partial charge on any atom is 0.0946 e. The molecule has 2 aromatic carbocycles. The largest absolute Gasteiger partial charge is 0.336 e. The van der Waals surface area contributed by atoms with Crippen molar-refractivity contribution in [3.63, 3.8) is 0 Å². The summed E-state index contributed by atoms with van der Waals surface area (Å²) in [5.74, 6) is 0. The molecule has 6 heteroatoms. The fraction of sp³-hybridized carbons (Fsp3) is 0.286. The van der Waals surface area contributed by atoms with Crippen molar-refractivity contribution in [2.45, 2.75) is 42.4 Å². The third-order valence-electron chi connectivity index (χ3n) is 4.68. The third kappa shape index (κ3) is 5.68. The smallest absolute Gasteiger partial charge is 0.0946 e. The number of thioether (sulfide) groups is 1. The van der Waals surface area contributed by atoms with Crippen molar-refractivity contribution in [2.75, 3.05) is 0 Å². The van der Waals surface area contributed by atoms with Crippen LogP contribution >= 0.6 is 46.6 Å². The molecule has 27 heavy (non-hydrogen) atoms. The minimum atomic E-state index is -0.0161. The van der Waals surface area contributed by atoms with E-state index in [2.05, 4.69) is 28.6 Å². The molecule has 1 unspecified atom stereocenters. The van der Waals surface area contributed by atoms with Crippen molar-refractivity contribution in [3.8, 4) is 0 Å². The van der Waals surface area contributed by atoms with Crippen LogP contribution in [0.1, 0.15) is 25.3 Å². The Kier molecular flexibility index (Phi) is 7.16. The molecular weight excluding hydrogens is 419 g/mol. The number of rotatable bonds is 8. The highest BCUT2D eigenvalue weighted by molar-refractivity contribution is 8.00. The van der Waals surface area contributed by atoms with Crippen molar-refractivity contribution < 1.29 is 0 Å². The predicted molar refractivity (Wildman–Crippen MR) is 117 cm³/mol. The fourth-order valence-corrected chi connectivity index (χ4v) is 5.02. The van der Waals surface area contributed by atoms with Crippen LogP contribution in [-0.2, 0) is 13.0 Å². The van der Waals surface area contributed by atoms with Gasteiger partial charge in [0.05, 0.1) is 11.3 Å². The van der Waals surface area contributed by atoms with Crippen molar-refractivity contribution >= 4 is 46.6 Å². The molecule has 1 aromatic heterocycles. The zero-order chi connectivity index (χ0) is 19.3. The van der Waals surface area contributed by atoms with E-state index in [4.69, 9.17) is 34.8 Å². The van der Waals surface area contributed by atoms with E-state index in [9.17, 15) is 0 Å². The Bertz CT molecular complexity index is 866.